The van der Waals surface area contributed by atoms with Crippen LogP contribution in [0.2, 0.25) is 0 Å². The molecule has 2 N–H and O–H groups in total. The first kappa shape index (κ1) is 21.7. The summed E-state index contributed by atoms with van der Waals surface area (Å²) in [5.74, 6) is -0.497. The van der Waals surface area contributed by atoms with Gasteiger partial charge in [0, 0.05) is 19.2 Å². The van der Waals surface area contributed by atoms with Crippen molar-refractivity contribution in [1.82, 2.24) is 4.90 Å². The number of hydrogen-bond acceptors (Lipinski definition) is 4. The number of carbonyl (C=O) groups is 1. The Morgan fingerprint density at radius 1 is 1.12 bits per heavy atom. The summed E-state index contributed by atoms with van der Waals surface area (Å²) in [6, 6.07) is 12.1. The molecule has 2 aromatic carbocycles. The van der Waals surface area contributed by atoms with E-state index in [1.54, 1.807) is 4.90 Å². The third kappa shape index (κ3) is 5.34. The molecule has 0 radical (unpaired) electrons. The van der Waals surface area contributed by atoms with Crippen molar-refractivity contribution in [3.63, 3.8) is 0 Å². The van der Waals surface area contributed by atoms with Crippen LogP contribution in [0.4, 0.5) is 4.39 Å². The number of nitrogens with two attached hydrogens (primary N) is 1. The summed E-state index contributed by atoms with van der Waals surface area (Å²) in [5.41, 5.74) is 6.49. The Labute approximate surface area is 159 Å². The second-order valence-electron chi connectivity index (χ2n) is 5.54. The number of halogens is 2. The van der Waals surface area contributed by atoms with Gasteiger partial charge in [-0.15, -0.1) is 12.4 Å². The fourth-order valence-electron chi connectivity index (χ4n) is 2.53. The van der Waals surface area contributed by atoms with Crippen LogP contribution in [-0.4, -0.2) is 38.1 Å². The van der Waals surface area contributed by atoms with Gasteiger partial charge in [0.25, 0.3) is 5.91 Å². The van der Waals surface area contributed by atoms with Crippen LogP contribution in [-0.2, 0) is 6.54 Å². The number of nitrogens with zero attached hydrogens (tertiary/aromatic N) is 1. The predicted molar refractivity (Wildman–Crippen MR) is 102 cm³/mol. The Balaban J connectivity index is 0.00000338. The average Bonchev–Trinajstić information content (AvgIpc) is 2.65. The molecule has 0 saturated carbocycles. The van der Waals surface area contributed by atoms with Gasteiger partial charge in [-0.25, -0.2) is 4.39 Å². The standard InChI is InChI=1S/C19H23FN2O3.ClH/c1-24-17-11-15(16(20)12-18(17)25-2)19(23)22(10-6-9-21)13-14-7-4-3-5-8-14;/h3-5,7-8,11-12H,6,9-10,13,21H2,1-2H3;1H. The van der Waals surface area contributed by atoms with Crippen molar-refractivity contribution in [2.24, 2.45) is 5.73 Å². The van der Waals surface area contributed by atoms with Gasteiger partial charge < -0.3 is 20.1 Å². The number of methoxy groups -OCH3 is 2. The summed E-state index contributed by atoms with van der Waals surface area (Å²) >= 11 is 0. The van der Waals surface area contributed by atoms with Gasteiger partial charge in [0.05, 0.1) is 19.8 Å². The molecule has 142 valence electrons. The molecule has 7 heteroatoms. The zero-order valence-electron chi connectivity index (χ0n) is 14.9. The highest BCUT2D eigenvalue weighted by molar-refractivity contribution is 5.95. The van der Waals surface area contributed by atoms with Gasteiger partial charge in [-0.1, -0.05) is 30.3 Å². The molecule has 5 nitrogen and oxygen atoms in total. The minimum Gasteiger partial charge on any atom is -0.493 e. The molecule has 1 amide bonds. The van der Waals surface area contributed by atoms with E-state index in [4.69, 9.17) is 15.2 Å². The van der Waals surface area contributed by atoms with Gasteiger partial charge in [0.1, 0.15) is 5.82 Å². The zero-order chi connectivity index (χ0) is 18.2. The molecule has 0 aliphatic heterocycles. The quantitative estimate of drug-likeness (QED) is 0.761. The average molecular weight is 383 g/mol. The van der Waals surface area contributed by atoms with E-state index < -0.39 is 11.7 Å². The Morgan fingerprint density at radius 2 is 1.73 bits per heavy atom. The number of amides is 1. The van der Waals surface area contributed by atoms with Crippen LogP contribution < -0.4 is 15.2 Å². The van der Waals surface area contributed by atoms with Gasteiger partial charge in [-0.2, -0.15) is 0 Å². The summed E-state index contributed by atoms with van der Waals surface area (Å²) in [6.07, 6.45) is 0.632. The number of rotatable bonds is 8. The molecule has 0 heterocycles. The highest BCUT2D eigenvalue weighted by Gasteiger charge is 2.22. The minimum atomic E-state index is -0.645. The largest absolute Gasteiger partial charge is 0.493 e. The number of hydrogen-bond donors (Lipinski definition) is 1. The maximum Gasteiger partial charge on any atom is 0.257 e. The van der Waals surface area contributed by atoms with E-state index in [0.29, 0.717) is 31.8 Å². The molecule has 0 bridgehead atoms. The van der Waals surface area contributed by atoms with Gasteiger partial charge in [0.2, 0.25) is 0 Å². The van der Waals surface area contributed by atoms with E-state index in [-0.39, 0.29) is 23.7 Å². The first-order valence-electron chi connectivity index (χ1n) is 8.05. The van der Waals surface area contributed by atoms with Crippen molar-refractivity contribution in [2.75, 3.05) is 27.3 Å². The fraction of sp³-hybridized carbons (Fsp3) is 0.316. The second-order valence-corrected chi connectivity index (χ2v) is 5.54. The van der Waals surface area contributed by atoms with E-state index in [2.05, 4.69) is 0 Å². The van der Waals surface area contributed by atoms with Crippen LogP contribution in [0.25, 0.3) is 0 Å². The number of benzene rings is 2. The Hall–Kier alpha value is -2.31. The predicted octanol–water partition coefficient (Wildman–Crippen LogP) is 3.26. The molecule has 0 atom stereocenters. The first-order chi connectivity index (χ1) is 12.1. The third-order valence-corrected chi connectivity index (χ3v) is 3.84. The van der Waals surface area contributed by atoms with E-state index in [9.17, 15) is 9.18 Å². The lowest BCUT2D eigenvalue weighted by Crippen LogP contribution is -2.33. The Kier molecular flexibility index (Phi) is 8.88. The smallest absolute Gasteiger partial charge is 0.257 e. The molecule has 0 fully saturated rings. The lowest BCUT2D eigenvalue weighted by Gasteiger charge is -2.23. The van der Waals surface area contributed by atoms with Crippen LogP contribution >= 0.6 is 12.4 Å². The molecule has 0 aromatic heterocycles. The molecule has 0 aliphatic rings. The molecule has 26 heavy (non-hydrogen) atoms. The monoisotopic (exact) mass is 382 g/mol. The van der Waals surface area contributed by atoms with Gasteiger partial charge in [-0.05, 0) is 24.6 Å². The maximum absolute atomic E-state index is 14.4. The Morgan fingerprint density at radius 3 is 2.31 bits per heavy atom. The fourth-order valence-corrected chi connectivity index (χ4v) is 2.53. The highest BCUT2D eigenvalue weighted by Crippen LogP contribution is 2.30. The summed E-state index contributed by atoms with van der Waals surface area (Å²) < 4.78 is 24.7. The summed E-state index contributed by atoms with van der Waals surface area (Å²) in [7, 11) is 2.86. The van der Waals surface area contributed by atoms with Gasteiger partial charge in [-0.3, -0.25) is 4.79 Å². The molecule has 0 saturated heterocycles. The van der Waals surface area contributed by atoms with Crippen molar-refractivity contribution >= 4 is 18.3 Å². The van der Waals surface area contributed by atoms with E-state index in [0.717, 1.165) is 11.6 Å². The van der Waals surface area contributed by atoms with Crippen LogP contribution in [0.3, 0.4) is 0 Å². The zero-order valence-corrected chi connectivity index (χ0v) is 15.7. The lowest BCUT2D eigenvalue weighted by molar-refractivity contribution is 0.0737. The van der Waals surface area contributed by atoms with Crippen LogP contribution in [0, 0.1) is 5.82 Å². The summed E-state index contributed by atoms with van der Waals surface area (Å²) in [4.78, 5) is 14.5. The highest BCUT2D eigenvalue weighted by atomic mass is 35.5. The Bertz CT molecular complexity index is 713. The van der Waals surface area contributed by atoms with Crippen LogP contribution in [0.15, 0.2) is 42.5 Å². The van der Waals surface area contributed by atoms with Crippen molar-refractivity contribution in [1.29, 1.82) is 0 Å². The summed E-state index contributed by atoms with van der Waals surface area (Å²) in [6.45, 7) is 1.28. The second kappa shape index (κ2) is 10.6. The molecule has 0 spiro atoms. The van der Waals surface area contributed by atoms with Crippen molar-refractivity contribution in [3.8, 4) is 11.5 Å². The number of carbonyl (C=O) groups excluding carboxylic acids is 1. The molecule has 2 rings (SSSR count). The summed E-state index contributed by atoms with van der Waals surface area (Å²) in [5, 5.41) is 0. The molecular weight excluding hydrogens is 359 g/mol. The van der Waals surface area contributed by atoms with Crippen LogP contribution in [0.5, 0.6) is 11.5 Å². The first-order valence-corrected chi connectivity index (χ1v) is 8.05. The van der Waals surface area contributed by atoms with Gasteiger partial charge >= 0.3 is 0 Å². The van der Waals surface area contributed by atoms with E-state index in [1.807, 2.05) is 30.3 Å². The topological polar surface area (TPSA) is 64.8 Å². The van der Waals surface area contributed by atoms with Crippen LogP contribution in [0.1, 0.15) is 22.3 Å². The third-order valence-electron chi connectivity index (χ3n) is 3.84. The number of ether oxygens (including phenoxy) is 2. The van der Waals surface area contributed by atoms with E-state index >= 15 is 0 Å². The van der Waals surface area contributed by atoms with Crippen molar-refractivity contribution < 1.29 is 18.7 Å². The lowest BCUT2D eigenvalue weighted by atomic mass is 10.1. The minimum absolute atomic E-state index is 0. The van der Waals surface area contributed by atoms with Gasteiger partial charge in [0.15, 0.2) is 11.5 Å². The van der Waals surface area contributed by atoms with Crippen molar-refractivity contribution in [3.05, 3.63) is 59.4 Å². The van der Waals surface area contributed by atoms with E-state index in [1.165, 1.54) is 20.3 Å². The molecule has 2 aromatic rings. The van der Waals surface area contributed by atoms with Crippen molar-refractivity contribution in [2.45, 2.75) is 13.0 Å². The maximum atomic E-state index is 14.4. The SMILES string of the molecule is COc1cc(F)c(C(=O)N(CCCN)Cc2ccccc2)cc1OC.Cl. The molecular formula is C19H24ClFN2O3. The molecule has 0 unspecified atom stereocenters. The molecule has 0 aliphatic carbocycles. The normalized spacial score (nSPS) is 10.0.